The van der Waals surface area contributed by atoms with Crippen LogP contribution in [0.1, 0.15) is 0 Å². The molecule has 0 unspecified atom stereocenters. The Labute approximate surface area is 282 Å². The molecule has 0 atom stereocenters. The highest BCUT2D eigenvalue weighted by molar-refractivity contribution is 6.13. The number of benzene rings is 8. The van der Waals surface area contributed by atoms with Crippen LogP contribution in [0.25, 0.3) is 99.5 Å². The van der Waals surface area contributed by atoms with E-state index in [-0.39, 0.29) is 0 Å². The molecule has 2 heterocycles. The maximum atomic E-state index is 6.40. The summed E-state index contributed by atoms with van der Waals surface area (Å²) in [7, 11) is 0. The van der Waals surface area contributed by atoms with Crippen molar-refractivity contribution in [3.05, 3.63) is 164 Å². The highest BCUT2D eigenvalue weighted by Crippen LogP contribution is 2.39. The molecule has 0 aliphatic rings. The monoisotopic (exact) mass is 625 g/mol. The first-order valence-electron chi connectivity index (χ1n) is 16.4. The van der Waals surface area contributed by atoms with Crippen molar-refractivity contribution in [3.8, 4) is 45.3 Å². The molecule has 0 amide bonds. The van der Waals surface area contributed by atoms with E-state index in [1.165, 1.54) is 26.9 Å². The van der Waals surface area contributed by atoms with Crippen molar-refractivity contribution in [1.29, 1.82) is 0 Å². The lowest BCUT2D eigenvalue weighted by molar-refractivity contribution is 0.669. The van der Waals surface area contributed by atoms with E-state index in [1.54, 1.807) is 0 Å². The lowest BCUT2D eigenvalue weighted by Crippen LogP contribution is -2.00. The fraction of sp³-hybridized carbons (Fsp3) is 0. The Morgan fingerprint density at radius 3 is 1.78 bits per heavy atom. The highest BCUT2D eigenvalue weighted by atomic mass is 16.3. The summed E-state index contributed by atoms with van der Waals surface area (Å²) in [4.78, 5) is 15.5. The minimum Gasteiger partial charge on any atom is -0.456 e. The van der Waals surface area contributed by atoms with E-state index in [0.717, 1.165) is 55.1 Å². The van der Waals surface area contributed by atoms with Gasteiger partial charge in [-0.2, -0.15) is 0 Å². The van der Waals surface area contributed by atoms with E-state index in [2.05, 4.69) is 146 Å². The van der Waals surface area contributed by atoms with Crippen molar-refractivity contribution in [2.24, 2.45) is 0 Å². The van der Waals surface area contributed by atoms with Gasteiger partial charge in [0.25, 0.3) is 0 Å². The highest BCUT2D eigenvalue weighted by Gasteiger charge is 2.19. The summed E-state index contributed by atoms with van der Waals surface area (Å²) in [5, 5.41) is 9.07. The molecule has 10 rings (SSSR count). The molecular formula is C45H27N3O. The standard InChI is InChI=1S/C45H27N3O/c1-2-9-28(10-3-1)33-23-24-40-39(26-33)42-37(15-8-16-41(42)49-40)45-47-43(34-21-17-29-11-4-5-13-32(29)25-34)46-44(48-45)35-22-20-31-19-18-30-12-6-7-14-36(30)38(31)27-35/h1-27H. The number of aromatic nitrogens is 3. The molecule has 0 radical (unpaired) electrons. The molecule has 0 fully saturated rings. The van der Waals surface area contributed by atoms with Gasteiger partial charge >= 0.3 is 0 Å². The molecule has 8 aromatic carbocycles. The van der Waals surface area contributed by atoms with Crippen molar-refractivity contribution < 1.29 is 4.42 Å². The Hall–Kier alpha value is -6.65. The lowest BCUT2D eigenvalue weighted by atomic mass is 9.99. The van der Waals surface area contributed by atoms with Crippen LogP contribution in [-0.2, 0) is 0 Å². The Morgan fingerprint density at radius 1 is 0.327 bits per heavy atom. The Bertz CT molecular complexity index is 2890. The second-order valence-corrected chi connectivity index (χ2v) is 12.4. The minimum absolute atomic E-state index is 0.601. The molecule has 4 heteroatoms. The van der Waals surface area contributed by atoms with Crippen LogP contribution >= 0.6 is 0 Å². The number of fused-ring (bicyclic) bond motifs is 7. The predicted octanol–water partition coefficient (Wildman–Crippen LogP) is 11.9. The smallest absolute Gasteiger partial charge is 0.164 e. The normalized spacial score (nSPS) is 11.7. The molecule has 0 bridgehead atoms. The molecule has 0 spiro atoms. The first kappa shape index (κ1) is 27.5. The molecule has 2 aromatic heterocycles. The Morgan fingerprint density at radius 2 is 0.939 bits per heavy atom. The number of hydrogen-bond donors (Lipinski definition) is 0. The maximum absolute atomic E-state index is 6.40. The van der Waals surface area contributed by atoms with Crippen LogP contribution in [0.2, 0.25) is 0 Å². The van der Waals surface area contributed by atoms with E-state index in [4.69, 9.17) is 19.4 Å². The Balaban J connectivity index is 1.23. The predicted molar refractivity (Wildman–Crippen MR) is 201 cm³/mol. The van der Waals surface area contributed by atoms with Gasteiger partial charge in [-0.1, -0.05) is 133 Å². The van der Waals surface area contributed by atoms with Gasteiger partial charge in [0.05, 0.1) is 0 Å². The van der Waals surface area contributed by atoms with Gasteiger partial charge in [0.15, 0.2) is 17.5 Å². The zero-order valence-corrected chi connectivity index (χ0v) is 26.3. The van der Waals surface area contributed by atoms with Crippen LogP contribution in [0.4, 0.5) is 0 Å². The zero-order valence-electron chi connectivity index (χ0n) is 26.3. The average molecular weight is 626 g/mol. The fourth-order valence-corrected chi connectivity index (χ4v) is 7.05. The third kappa shape index (κ3) is 4.65. The number of hydrogen-bond acceptors (Lipinski definition) is 4. The molecule has 0 aliphatic heterocycles. The van der Waals surface area contributed by atoms with E-state index < -0.39 is 0 Å². The molecule has 4 nitrogen and oxygen atoms in total. The maximum Gasteiger partial charge on any atom is 0.164 e. The quantitative estimate of drug-likeness (QED) is 0.183. The summed E-state index contributed by atoms with van der Waals surface area (Å²) < 4.78 is 6.40. The SMILES string of the molecule is c1ccc(-c2ccc3oc4cccc(-c5nc(-c6ccc7ccccc7c6)nc(-c6ccc7ccc8ccccc8c7c6)n5)c4c3c2)cc1. The van der Waals surface area contributed by atoms with Gasteiger partial charge in [0, 0.05) is 27.5 Å². The van der Waals surface area contributed by atoms with Crippen LogP contribution in [0.5, 0.6) is 0 Å². The van der Waals surface area contributed by atoms with E-state index in [1.807, 2.05) is 18.2 Å². The number of furan rings is 1. The van der Waals surface area contributed by atoms with E-state index >= 15 is 0 Å². The largest absolute Gasteiger partial charge is 0.456 e. The van der Waals surface area contributed by atoms with Crippen LogP contribution in [0.15, 0.2) is 168 Å². The molecule has 10 aromatic rings. The lowest BCUT2D eigenvalue weighted by Gasteiger charge is -2.11. The van der Waals surface area contributed by atoms with Gasteiger partial charge in [-0.15, -0.1) is 0 Å². The fourth-order valence-electron chi connectivity index (χ4n) is 7.05. The summed E-state index contributed by atoms with van der Waals surface area (Å²) in [6.07, 6.45) is 0. The molecule has 0 aliphatic carbocycles. The van der Waals surface area contributed by atoms with Crippen molar-refractivity contribution in [2.75, 3.05) is 0 Å². The van der Waals surface area contributed by atoms with Gasteiger partial charge in [-0.3, -0.25) is 0 Å². The van der Waals surface area contributed by atoms with Crippen LogP contribution in [0, 0.1) is 0 Å². The van der Waals surface area contributed by atoms with Crippen molar-refractivity contribution in [2.45, 2.75) is 0 Å². The van der Waals surface area contributed by atoms with Gasteiger partial charge in [-0.05, 0) is 73.8 Å². The topological polar surface area (TPSA) is 51.8 Å². The summed E-state index contributed by atoms with van der Waals surface area (Å²) in [6.45, 7) is 0. The molecule has 0 saturated carbocycles. The van der Waals surface area contributed by atoms with Crippen LogP contribution in [-0.4, -0.2) is 15.0 Å². The first-order chi connectivity index (χ1) is 24.2. The van der Waals surface area contributed by atoms with Crippen molar-refractivity contribution in [1.82, 2.24) is 15.0 Å². The first-order valence-corrected chi connectivity index (χ1v) is 16.4. The van der Waals surface area contributed by atoms with Crippen LogP contribution < -0.4 is 0 Å². The summed E-state index contributed by atoms with van der Waals surface area (Å²) >= 11 is 0. The second kappa shape index (κ2) is 11.0. The summed E-state index contributed by atoms with van der Waals surface area (Å²) in [5.41, 5.74) is 6.67. The van der Waals surface area contributed by atoms with Crippen LogP contribution in [0.3, 0.4) is 0 Å². The zero-order chi connectivity index (χ0) is 32.3. The number of nitrogens with zero attached hydrogens (tertiary/aromatic N) is 3. The molecule has 0 saturated heterocycles. The molecule has 228 valence electrons. The van der Waals surface area contributed by atoms with Gasteiger partial charge < -0.3 is 4.42 Å². The third-order valence-electron chi connectivity index (χ3n) is 9.49. The van der Waals surface area contributed by atoms with E-state index in [9.17, 15) is 0 Å². The second-order valence-electron chi connectivity index (χ2n) is 12.4. The van der Waals surface area contributed by atoms with Gasteiger partial charge in [0.1, 0.15) is 11.2 Å². The van der Waals surface area contributed by atoms with Crippen molar-refractivity contribution >= 4 is 54.3 Å². The molecular weight excluding hydrogens is 599 g/mol. The Kier molecular flexibility index (Phi) is 6.15. The third-order valence-corrected chi connectivity index (χ3v) is 9.49. The molecule has 49 heavy (non-hydrogen) atoms. The average Bonchev–Trinajstić information content (AvgIpc) is 3.56. The summed E-state index contributed by atoms with van der Waals surface area (Å²) in [6, 6.07) is 57.0. The number of rotatable bonds is 4. The summed E-state index contributed by atoms with van der Waals surface area (Å²) in [5.74, 6) is 1.85. The van der Waals surface area contributed by atoms with E-state index in [0.29, 0.717) is 17.5 Å². The van der Waals surface area contributed by atoms with Gasteiger partial charge in [-0.25, -0.2) is 15.0 Å². The molecule has 0 N–H and O–H groups in total. The van der Waals surface area contributed by atoms with Crippen molar-refractivity contribution in [3.63, 3.8) is 0 Å². The minimum atomic E-state index is 0.601. The van der Waals surface area contributed by atoms with Gasteiger partial charge in [0.2, 0.25) is 0 Å².